The Bertz CT molecular complexity index is 2370. The normalized spacial score (nSPS) is 21.1. The highest BCUT2D eigenvalue weighted by Gasteiger charge is 2.52. The molecule has 4 N–H and O–H groups in total. The fraction of sp³-hybridized carbons (Fsp3) is 0.477. The quantitative estimate of drug-likeness (QED) is 0.144. The molecular weight excluding hydrogens is 769 g/mol. The lowest BCUT2D eigenvalue weighted by molar-refractivity contribution is -0.136. The van der Waals surface area contributed by atoms with E-state index < -0.39 is 29.4 Å². The molecule has 4 fully saturated rings. The maximum Gasteiger partial charge on any atom is 0.274 e. The van der Waals surface area contributed by atoms with Gasteiger partial charge in [0.15, 0.2) is 5.13 Å². The highest BCUT2D eigenvalue weighted by Crippen LogP contribution is 2.53. The first-order valence-electron chi connectivity index (χ1n) is 20.7. The van der Waals surface area contributed by atoms with Crippen LogP contribution in [0, 0.1) is 24.2 Å². The van der Waals surface area contributed by atoms with Gasteiger partial charge in [-0.1, -0.05) is 23.5 Å². The number of aliphatic hydroxyl groups is 1. The molecule has 2 aromatic heterocycles. The zero-order valence-corrected chi connectivity index (χ0v) is 34.5. The van der Waals surface area contributed by atoms with E-state index in [9.17, 15) is 29.1 Å². The number of pyridine rings is 1. The number of thiazole rings is 1. The lowest BCUT2D eigenvalue weighted by atomic mass is 9.57. The molecule has 1 unspecified atom stereocenters. The zero-order valence-electron chi connectivity index (χ0n) is 33.7. The second-order valence-corrected chi connectivity index (χ2v) is 18.8. The number of hydrogen-bond donors (Lipinski definition) is 4. The number of likely N-dealkylation sites (tertiary alicyclic amines) is 1. The van der Waals surface area contributed by atoms with Gasteiger partial charge in [0.25, 0.3) is 17.7 Å². The standard InChI is InChI=1S/C44H50N8O6S/c1-25-6-4-9-31(46-25)38(54)47-32-19-35-33(18-29(32)43(2,3)58)48-42(59-35)51-16-13-26(14-17-51)22-50-23-44(24-50)20-27(21-44)12-15-45-30-8-5-7-28-37(30)41(57)52(40(28)56)34-10-11-36(53)49-39(34)55/h4-9,18-19,26-27,34,45,58H,10-17,20-24H2,1-3H3,(H,47,54)(H,49,53,55). The van der Waals surface area contributed by atoms with E-state index in [0.29, 0.717) is 57.6 Å². The summed E-state index contributed by atoms with van der Waals surface area (Å²) in [6.07, 6.45) is 5.84. The number of nitrogens with zero attached hydrogens (tertiary/aromatic N) is 5. The van der Waals surface area contributed by atoms with Crippen LogP contribution in [-0.4, -0.2) is 99.7 Å². The SMILES string of the molecule is Cc1cccc(C(=O)Nc2cc3sc(N4CCC(CN5CC6(CC(CCNc7cccc8c7C(=O)N(C7CCC(=O)NC7=O)C8=O)C6)C5)CC4)nc3cc2C(C)(C)O)n1. The van der Waals surface area contributed by atoms with Crippen LogP contribution >= 0.6 is 11.3 Å². The number of carbonyl (C=O) groups excluding carboxylic acids is 5. The van der Waals surface area contributed by atoms with Crippen LogP contribution in [0.4, 0.5) is 16.5 Å². The second kappa shape index (κ2) is 15.1. The molecule has 4 aromatic rings. The van der Waals surface area contributed by atoms with Gasteiger partial charge >= 0.3 is 0 Å². The van der Waals surface area contributed by atoms with E-state index in [1.54, 1.807) is 49.4 Å². The molecule has 4 aliphatic heterocycles. The predicted octanol–water partition coefficient (Wildman–Crippen LogP) is 5.31. The topological polar surface area (TPSA) is 177 Å². The van der Waals surface area contributed by atoms with Crippen LogP contribution in [0.2, 0.25) is 0 Å². The van der Waals surface area contributed by atoms with Crippen molar-refractivity contribution in [1.82, 2.24) is 25.1 Å². The third-order valence-electron chi connectivity index (χ3n) is 12.8. The number of amides is 5. The van der Waals surface area contributed by atoms with Crippen molar-refractivity contribution in [3.8, 4) is 0 Å². The van der Waals surface area contributed by atoms with Gasteiger partial charge in [0.1, 0.15) is 11.7 Å². The number of piperidine rings is 2. The number of rotatable bonds is 11. The smallest absolute Gasteiger partial charge is 0.274 e. The summed E-state index contributed by atoms with van der Waals surface area (Å²) in [5, 5.41) is 20.6. The van der Waals surface area contributed by atoms with E-state index in [-0.39, 0.29) is 24.7 Å². The van der Waals surface area contributed by atoms with Gasteiger partial charge in [0.05, 0.1) is 26.9 Å². The number of aromatic nitrogens is 2. The second-order valence-electron chi connectivity index (χ2n) is 17.8. The number of carbonyl (C=O) groups is 5. The van der Waals surface area contributed by atoms with Crippen molar-refractivity contribution in [2.45, 2.75) is 77.4 Å². The first-order chi connectivity index (χ1) is 28.2. The fourth-order valence-corrected chi connectivity index (χ4v) is 11.0. The summed E-state index contributed by atoms with van der Waals surface area (Å²) < 4.78 is 0.955. The largest absolute Gasteiger partial charge is 0.386 e. The van der Waals surface area contributed by atoms with E-state index in [2.05, 4.69) is 30.7 Å². The van der Waals surface area contributed by atoms with Crippen molar-refractivity contribution in [3.05, 3.63) is 76.6 Å². The molecule has 0 bridgehead atoms. The number of hydrogen-bond acceptors (Lipinski definition) is 12. The minimum atomic E-state index is -1.19. The van der Waals surface area contributed by atoms with Gasteiger partial charge in [-0.15, -0.1) is 0 Å². The summed E-state index contributed by atoms with van der Waals surface area (Å²) in [5.74, 6) is -1.03. The molecule has 59 heavy (non-hydrogen) atoms. The van der Waals surface area contributed by atoms with E-state index in [4.69, 9.17) is 4.98 Å². The molecule has 5 amide bonds. The number of nitrogens with one attached hydrogen (secondary N) is 3. The molecule has 3 saturated heterocycles. The van der Waals surface area contributed by atoms with E-state index in [0.717, 1.165) is 77.9 Å². The minimum absolute atomic E-state index is 0.0926. The monoisotopic (exact) mass is 818 g/mol. The van der Waals surface area contributed by atoms with Crippen LogP contribution in [0.5, 0.6) is 0 Å². The number of fused-ring (bicyclic) bond motifs is 2. The molecule has 2 aromatic carbocycles. The van der Waals surface area contributed by atoms with Crippen molar-refractivity contribution < 1.29 is 29.1 Å². The third kappa shape index (κ3) is 7.59. The summed E-state index contributed by atoms with van der Waals surface area (Å²) >= 11 is 1.62. The average molecular weight is 819 g/mol. The van der Waals surface area contributed by atoms with E-state index >= 15 is 0 Å². The average Bonchev–Trinajstić information content (AvgIpc) is 3.70. The van der Waals surface area contributed by atoms with Crippen LogP contribution in [0.15, 0.2) is 48.5 Å². The van der Waals surface area contributed by atoms with Crippen LogP contribution < -0.4 is 20.9 Å². The predicted molar refractivity (Wildman–Crippen MR) is 225 cm³/mol. The zero-order chi connectivity index (χ0) is 41.2. The van der Waals surface area contributed by atoms with Gasteiger partial charge in [-0.25, -0.2) is 9.97 Å². The van der Waals surface area contributed by atoms with Crippen molar-refractivity contribution in [3.63, 3.8) is 0 Å². The third-order valence-corrected chi connectivity index (χ3v) is 13.9. The van der Waals surface area contributed by atoms with Gasteiger partial charge in [0.2, 0.25) is 11.8 Å². The lowest BCUT2D eigenvalue weighted by Gasteiger charge is -2.60. The van der Waals surface area contributed by atoms with Crippen LogP contribution in [-0.2, 0) is 15.2 Å². The number of anilines is 3. The highest BCUT2D eigenvalue weighted by atomic mass is 32.1. The van der Waals surface area contributed by atoms with Crippen molar-refractivity contribution in [2.24, 2.45) is 17.3 Å². The van der Waals surface area contributed by atoms with Gasteiger partial charge < -0.3 is 25.5 Å². The molecule has 308 valence electrons. The van der Waals surface area contributed by atoms with Crippen molar-refractivity contribution >= 4 is 67.6 Å². The molecule has 15 heteroatoms. The summed E-state index contributed by atoms with van der Waals surface area (Å²) in [6.45, 7) is 11.3. The Morgan fingerprint density at radius 1 is 0.966 bits per heavy atom. The molecule has 6 heterocycles. The summed E-state index contributed by atoms with van der Waals surface area (Å²) in [4.78, 5) is 79.2. The van der Waals surface area contributed by atoms with Crippen molar-refractivity contribution in [2.75, 3.05) is 54.8 Å². The van der Waals surface area contributed by atoms with Gasteiger partial charge in [-0.3, -0.25) is 34.2 Å². The summed E-state index contributed by atoms with van der Waals surface area (Å²) in [7, 11) is 0. The van der Waals surface area contributed by atoms with E-state index in [1.807, 2.05) is 31.2 Å². The van der Waals surface area contributed by atoms with Gasteiger partial charge in [-0.2, -0.15) is 0 Å². The Labute approximate surface area is 346 Å². The minimum Gasteiger partial charge on any atom is -0.386 e. The Morgan fingerprint density at radius 2 is 1.73 bits per heavy atom. The number of benzene rings is 2. The molecule has 1 saturated carbocycles. The number of aryl methyl sites for hydroxylation is 1. The van der Waals surface area contributed by atoms with E-state index in [1.165, 1.54) is 12.8 Å². The van der Waals surface area contributed by atoms with Gasteiger partial charge in [0, 0.05) is 68.3 Å². The van der Waals surface area contributed by atoms with Crippen LogP contribution in [0.3, 0.4) is 0 Å². The van der Waals surface area contributed by atoms with Gasteiger partial charge in [-0.05, 0) is 113 Å². The fourth-order valence-electron chi connectivity index (χ4n) is 9.97. The molecular formula is C44H50N8O6S. The molecule has 1 atom stereocenters. The summed E-state index contributed by atoms with van der Waals surface area (Å²) in [5.41, 5.74) is 3.50. The first-order valence-corrected chi connectivity index (χ1v) is 21.5. The Balaban J connectivity index is 0.730. The maximum atomic E-state index is 13.4. The lowest BCUT2D eigenvalue weighted by Crippen LogP contribution is -2.63. The molecule has 1 aliphatic carbocycles. The Kier molecular flexibility index (Phi) is 10.0. The highest BCUT2D eigenvalue weighted by molar-refractivity contribution is 7.22. The Hall–Kier alpha value is -5.25. The van der Waals surface area contributed by atoms with Crippen LogP contribution in [0.25, 0.3) is 10.2 Å². The molecule has 1 spiro atoms. The number of imide groups is 2. The summed E-state index contributed by atoms with van der Waals surface area (Å²) in [6, 6.07) is 13.4. The first kappa shape index (κ1) is 39.2. The molecule has 0 radical (unpaired) electrons. The van der Waals surface area contributed by atoms with Crippen LogP contribution in [0.1, 0.15) is 101 Å². The molecule has 14 nitrogen and oxygen atoms in total. The molecule has 5 aliphatic rings. The molecule has 9 rings (SSSR count). The maximum absolute atomic E-state index is 13.4. The van der Waals surface area contributed by atoms with Crippen molar-refractivity contribution in [1.29, 1.82) is 0 Å². The Morgan fingerprint density at radius 3 is 2.46 bits per heavy atom.